The molecule has 19 heavy (non-hydrogen) atoms. The Bertz CT molecular complexity index is 747. The van der Waals surface area contributed by atoms with Crippen molar-refractivity contribution in [1.29, 1.82) is 0 Å². The van der Waals surface area contributed by atoms with E-state index in [0.29, 0.717) is 10.4 Å². The lowest BCUT2D eigenvalue weighted by atomic mass is 10.1. The minimum absolute atomic E-state index is 0.257. The summed E-state index contributed by atoms with van der Waals surface area (Å²) >= 11 is 3.17. The third-order valence-electron chi connectivity index (χ3n) is 2.73. The fraction of sp³-hybridized carbons (Fsp3) is 0. The van der Waals surface area contributed by atoms with Crippen LogP contribution < -0.4 is 5.32 Å². The Kier molecular flexibility index (Phi) is 3.05. The fourth-order valence-corrected chi connectivity index (χ4v) is 2.15. The lowest BCUT2D eigenvalue weighted by molar-refractivity contribution is 0.0995. The van der Waals surface area contributed by atoms with Gasteiger partial charge in [-0.1, -0.05) is 12.1 Å². The van der Waals surface area contributed by atoms with Crippen molar-refractivity contribution in [3.05, 3.63) is 59.2 Å². The van der Waals surface area contributed by atoms with Gasteiger partial charge in [-0.3, -0.25) is 9.78 Å². The normalized spacial score (nSPS) is 10.6. The van der Waals surface area contributed by atoms with E-state index < -0.39 is 0 Å². The molecule has 0 atom stereocenters. The highest BCUT2D eigenvalue weighted by Crippen LogP contribution is 2.23. The zero-order valence-electron chi connectivity index (χ0n) is 9.76. The largest absolute Gasteiger partial charge is 0.444 e. The van der Waals surface area contributed by atoms with Gasteiger partial charge < -0.3 is 9.73 Å². The van der Waals surface area contributed by atoms with Gasteiger partial charge in [0.2, 0.25) is 0 Å². The number of anilines is 1. The van der Waals surface area contributed by atoms with Crippen molar-refractivity contribution in [2.24, 2.45) is 0 Å². The monoisotopic (exact) mass is 316 g/mol. The number of rotatable bonds is 2. The number of aromatic nitrogens is 1. The van der Waals surface area contributed by atoms with Crippen LogP contribution in [-0.2, 0) is 0 Å². The van der Waals surface area contributed by atoms with Crippen LogP contribution in [0.25, 0.3) is 10.8 Å². The Morgan fingerprint density at radius 1 is 1.21 bits per heavy atom. The number of nitrogens with one attached hydrogen (secondary N) is 1. The summed E-state index contributed by atoms with van der Waals surface area (Å²) in [6.07, 6.45) is 3.45. The van der Waals surface area contributed by atoms with E-state index in [1.165, 1.54) is 0 Å². The first-order chi connectivity index (χ1) is 9.24. The molecular weight excluding hydrogens is 308 g/mol. The van der Waals surface area contributed by atoms with Crippen molar-refractivity contribution in [2.45, 2.75) is 0 Å². The van der Waals surface area contributed by atoms with E-state index in [0.717, 1.165) is 10.8 Å². The average molecular weight is 317 g/mol. The van der Waals surface area contributed by atoms with Crippen molar-refractivity contribution in [3.8, 4) is 0 Å². The summed E-state index contributed by atoms with van der Waals surface area (Å²) in [6, 6.07) is 10.9. The van der Waals surface area contributed by atoms with Crippen molar-refractivity contribution >= 4 is 38.3 Å². The molecule has 2 aromatic heterocycles. The molecule has 1 aromatic carbocycles. The van der Waals surface area contributed by atoms with Crippen LogP contribution in [0, 0.1) is 0 Å². The van der Waals surface area contributed by atoms with Crippen LogP contribution in [0.3, 0.4) is 0 Å². The summed E-state index contributed by atoms with van der Waals surface area (Å²) < 4.78 is 5.74. The van der Waals surface area contributed by atoms with Crippen LogP contribution in [0.4, 0.5) is 5.69 Å². The highest BCUT2D eigenvalue weighted by atomic mass is 79.9. The lowest BCUT2D eigenvalue weighted by Gasteiger charge is -2.06. The lowest BCUT2D eigenvalue weighted by Crippen LogP contribution is -2.11. The molecule has 0 radical (unpaired) electrons. The van der Waals surface area contributed by atoms with Crippen LogP contribution in [0.15, 0.2) is 57.9 Å². The topological polar surface area (TPSA) is 55.1 Å². The number of pyridine rings is 1. The molecular formula is C14H9BrN2O2. The van der Waals surface area contributed by atoms with E-state index in [1.54, 1.807) is 24.5 Å². The van der Waals surface area contributed by atoms with Gasteiger partial charge in [0.1, 0.15) is 0 Å². The number of benzene rings is 1. The molecule has 0 saturated heterocycles. The van der Waals surface area contributed by atoms with Crippen molar-refractivity contribution in [2.75, 3.05) is 5.32 Å². The number of hydrogen-bond acceptors (Lipinski definition) is 3. The summed E-state index contributed by atoms with van der Waals surface area (Å²) in [6.45, 7) is 0. The van der Waals surface area contributed by atoms with Crippen molar-refractivity contribution in [1.82, 2.24) is 4.98 Å². The van der Waals surface area contributed by atoms with Crippen molar-refractivity contribution in [3.63, 3.8) is 0 Å². The second kappa shape index (κ2) is 4.85. The van der Waals surface area contributed by atoms with Gasteiger partial charge >= 0.3 is 0 Å². The molecule has 0 bridgehead atoms. The Morgan fingerprint density at radius 3 is 2.89 bits per heavy atom. The summed E-state index contributed by atoms with van der Waals surface area (Å²) in [5.74, 6) is -0.0326. The standard InChI is InChI=1S/C14H9BrN2O2/c15-13-5-4-12(19-13)14(18)17-11-3-1-2-9-6-7-16-8-10(9)11/h1-8H,(H,17,18). The molecule has 3 rings (SSSR count). The molecule has 0 spiro atoms. The number of halogens is 1. The molecule has 0 aliphatic rings. The number of amides is 1. The van der Waals surface area contributed by atoms with Gasteiger partial charge in [-0.2, -0.15) is 0 Å². The van der Waals surface area contributed by atoms with Crippen LogP contribution >= 0.6 is 15.9 Å². The Morgan fingerprint density at radius 2 is 2.11 bits per heavy atom. The Labute approximate surface area is 117 Å². The summed E-state index contributed by atoms with van der Waals surface area (Å²) in [7, 11) is 0. The smallest absolute Gasteiger partial charge is 0.291 e. The number of furan rings is 1. The fourth-order valence-electron chi connectivity index (χ4n) is 1.84. The maximum absolute atomic E-state index is 12.0. The number of carbonyl (C=O) groups excluding carboxylic acids is 1. The van der Waals surface area contributed by atoms with E-state index in [4.69, 9.17) is 4.42 Å². The van der Waals surface area contributed by atoms with Crippen LogP contribution in [-0.4, -0.2) is 10.9 Å². The van der Waals surface area contributed by atoms with Gasteiger partial charge in [0.05, 0.1) is 5.69 Å². The summed E-state index contributed by atoms with van der Waals surface area (Å²) in [5.41, 5.74) is 0.711. The predicted octanol–water partition coefficient (Wildman–Crippen LogP) is 3.84. The van der Waals surface area contributed by atoms with Crippen LogP contribution in [0.1, 0.15) is 10.6 Å². The number of hydrogen-bond donors (Lipinski definition) is 1. The second-order valence-electron chi connectivity index (χ2n) is 3.96. The molecule has 0 aliphatic carbocycles. The quantitative estimate of drug-likeness (QED) is 0.781. The Balaban J connectivity index is 1.95. The van der Waals surface area contributed by atoms with Gasteiger partial charge in [-0.15, -0.1) is 0 Å². The number of nitrogens with zero attached hydrogens (tertiary/aromatic N) is 1. The molecule has 0 saturated carbocycles. The van der Waals surface area contributed by atoms with E-state index in [9.17, 15) is 4.79 Å². The molecule has 4 nitrogen and oxygen atoms in total. The Hall–Kier alpha value is -2.14. The van der Waals surface area contributed by atoms with E-state index in [2.05, 4.69) is 26.2 Å². The van der Waals surface area contributed by atoms with Gasteiger partial charge in [-0.25, -0.2) is 0 Å². The highest BCUT2D eigenvalue weighted by molar-refractivity contribution is 9.10. The molecule has 1 amide bonds. The molecule has 0 fully saturated rings. The van der Waals surface area contributed by atoms with Crippen LogP contribution in [0.5, 0.6) is 0 Å². The average Bonchev–Trinajstić information content (AvgIpc) is 2.86. The third-order valence-corrected chi connectivity index (χ3v) is 3.16. The predicted molar refractivity (Wildman–Crippen MR) is 76.1 cm³/mol. The SMILES string of the molecule is O=C(Nc1cccc2ccncc12)c1ccc(Br)o1. The molecule has 0 unspecified atom stereocenters. The zero-order valence-corrected chi connectivity index (χ0v) is 11.3. The van der Waals surface area contributed by atoms with Crippen LogP contribution in [0.2, 0.25) is 0 Å². The molecule has 2 heterocycles. The first-order valence-electron chi connectivity index (χ1n) is 5.63. The molecule has 5 heteroatoms. The maximum Gasteiger partial charge on any atom is 0.291 e. The van der Waals surface area contributed by atoms with Gasteiger partial charge in [0.25, 0.3) is 5.91 Å². The molecule has 1 N–H and O–H groups in total. The van der Waals surface area contributed by atoms with Gasteiger partial charge in [-0.05, 0) is 45.6 Å². The first-order valence-corrected chi connectivity index (χ1v) is 6.43. The number of carbonyl (C=O) groups is 1. The van der Waals surface area contributed by atoms with Gasteiger partial charge in [0.15, 0.2) is 10.4 Å². The van der Waals surface area contributed by atoms with E-state index in [-0.39, 0.29) is 11.7 Å². The minimum Gasteiger partial charge on any atom is -0.444 e. The maximum atomic E-state index is 12.0. The molecule has 0 aliphatic heterocycles. The first kappa shape index (κ1) is 11.9. The molecule has 3 aromatic rings. The summed E-state index contributed by atoms with van der Waals surface area (Å²) in [5, 5.41) is 4.74. The molecule has 94 valence electrons. The summed E-state index contributed by atoms with van der Waals surface area (Å²) in [4.78, 5) is 16.1. The second-order valence-corrected chi connectivity index (χ2v) is 4.74. The van der Waals surface area contributed by atoms with E-state index >= 15 is 0 Å². The van der Waals surface area contributed by atoms with E-state index in [1.807, 2.05) is 24.3 Å². The minimum atomic E-state index is -0.290. The highest BCUT2D eigenvalue weighted by Gasteiger charge is 2.11. The van der Waals surface area contributed by atoms with Gasteiger partial charge in [0, 0.05) is 17.8 Å². The zero-order chi connectivity index (χ0) is 13.2. The van der Waals surface area contributed by atoms with Crippen molar-refractivity contribution < 1.29 is 9.21 Å². The number of fused-ring (bicyclic) bond motifs is 1. The third kappa shape index (κ3) is 2.37.